The van der Waals surface area contributed by atoms with E-state index in [4.69, 9.17) is 4.42 Å². The van der Waals surface area contributed by atoms with Crippen LogP contribution >= 0.6 is 11.8 Å². The second kappa shape index (κ2) is 7.31. The molecule has 0 aliphatic heterocycles. The largest absolute Gasteiger partial charge is 0.467 e. The smallest absolute Gasteiger partial charge is 0.233 e. The third kappa shape index (κ3) is 3.65. The van der Waals surface area contributed by atoms with Gasteiger partial charge in [-0.15, -0.1) is 10.2 Å². The first kappa shape index (κ1) is 16.3. The van der Waals surface area contributed by atoms with E-state index in [0.717, 1.165) is 17.1 Å². The van der Waals surface area contributed by atoms with Gasteiger partial charge in [0.25, 0.3) is 0 Å². The molecule has 0 aromatic carbocycles. The number of nitrogens with zero attached hydrogens (tertiary/aromatic N) is 5. The van der Waals surface area contributed by atoms with Crippen LogP contribution in [0.25, 0.3) is 11.4 Å². The Labute approximate surface area is 143 Å². The number of thioether (sulfide) groups is 1. The number of rotatable bonds is 6. The predicted octanol–water partition coefficient (Wildman–Crippen LogP) is 2.22. The molecule has 0 N–H and O–H groups in total. The molecule has 7 nitrogen and oxygen atoms in total. The maximum atomic E-state index is 12.2. The number of furan rings is 1. The molecule has 8 heteroatoms. The zero-order valence-corrected chi connectivity index (χ0v) is 14.2. The fourth-order valence-corrected chi connectivity index (χ4v) is 3.01. The van der Waals surface area contributed by atoms with E-state index in [1.54, 1.807) is 30.6 Å². The van der Waals surface area contributed by atoms with Gasteiger partial charge < -0.3 is 13.9 Å². The summed E-state index contributed by atoms with van der Waals surface area (Å²) < 4.78 is 7.13. The van der Waals surface area contributed by atoms with Crippen molar-refractivity contribution in [2.24, 2.45) is 7.05 Å². The third-order valence-electron chi connectivity index (χ3n) is 3.50. The van der Waals surface area contributed by atoms with Gasteiger partial charge in [0.1, 0.15) is 5.76 Å². The fourth-order valence-electron chi connectivity index (χ4n) is 2.15. The van der Waals surface area contributed by atoms with Crippen molar-refractivity contribution in [2.75, 3.05) is 12.8 Å². The molecule has 3 heterocycles. The number of carbonyl (C=O) groups excluding carboxylic acids is 1. The van der Waals surface area contributed by atoms with Crippen LogP contribution in [-0.4, -0.2) is 43.4 Å². The van der Waals surface area contributed by atoms with Crippen molar-refractivity contribution in [1.29, 1.82) is 0 Å². The van der Waals surface area contributed by atoms with E-state index in [1.807, 2.05) is 35.9 Å². The van der Waals surface area contributed by atoms with Gasteiger partial charge in [0.15, 0.2) is 11.0 Å². The van der Waals surface area contributed by atoms with Gasteiger partial charge in [0.05, 0.1) is 18.6 Å². The summed E-state index contributed by atoms with van der Waals surface area (Å²) in [6, 6.07) is 7.41. The van der Waals surface area contributed by atoms with Crippen molar-refractivity contribution in [1.82, 2.24) is 24.6 Å². The molecule has 0 fully saturated rings. The summed E-state index contributed by atoms with van der Waals surface area (Å²) in [5, 5.41) is 9.06. The monoisotopic (exact) mass is 343 g/mol. The van der Waals surface area contributed by atoms with Crippen molar-refractivity contribution in [3.05, 3.63) is 48.7 Å². The van der Waals surface area contributed by atoms with Crippen LogP contribution < -0.4 is 0 Å². The van der Waals surface area contributed by atoms with Gasteiger partial charge in [-0.25, -0.2) is 0 Å². The Morgan fingerprint density at radius 2 is 2.08 bits per heavy atom. The van der Waals surface area contributed by atoms with Crippen molar-refractivity contribution in [3.63, 3.8) is 0 Å². The zero-order valence-electron chi connectivity index (χ0n) is 13.4. The molecule has 0 radical (unpaired) electrons. The maximum Gasteiger partial charge on any atom is 0.233 e. The number of carbonyl (C=O) groups is 1. The number of aromatic nitrogens is 4. The highest BCUT2D eigenvalue weighted by Gasteiger charge is 2.15. The lowest BCUT2D eigenvalue weighted by atomic mass is 10.2. The first-order valence-corrected chi connectivity index (χ1v) is 8.32. The summed E-state index contributed by atoms with van der Waals surface area (Å²) in [7, 11) is 3.64. The van der Waals surface area contributed by atoms with Gasteiger partial charge in [0, 0.05) is 32.1 Å². The van der Waals surface area contributed by atoms with Gasteiger partial charge in [-0.05, 0) is 24.3 Å². The SMILES string of the molecule is CN(Cc1ccco1)C(=O)CSc1nnc(-c2ccncc2)n1C. The van der Waals surface area contributed by atoms with E-state index < -0.39 is 0 Å². The minimum Gasteiger partial charge on any atom is -0.467 e. The molecule has 0 unspecified atom stereocenters. The van der Waals surface area contributed by atoms with Crippen LogP contribution in [0.1, 0.15) is 5.76 Å². The van der Waals surface area contributed by atoms with Crippen molar-refractivity contribution < 1.29 is 9.21 Å². The Morgan fingerprint density at radius 1 is 1.29 bits per heavy atom. The van der Waals surface area contributed by atoms with Crippen molar-refractivity contribution in [3.8, 4) is 11.4 Å². The Balaban J connectivity index is 1.61. The van der Waals surface area contributed by atoms with Crippen LogP contribution in [0, 0.1) is 0 Å². The van der Waals surface area contributed by atoms with E-state index in [0.29, 0.717) is 17.5 Å². The average Bonchev–Trinajstić information content (AvgIpc) is 3.23. The lowest BCUT2D eigenvalue weighted by Gasteiger charge is -2.15. The highest BCUT2D eigenvalue weighted by molar-refractivity contribution is 7.99. The van der Waals surface area contributed by atoms with Crippen LogP contribution in [0.15, 0.2) is 52.5 Å². The summed E-state index contributed by atoms with van der Waals surface area (Å²) in [5.74, 6) is 1.80. The second-order valence-electron chi connectivity index (χ2n) is 5.22. The molecule has 1 amide bonds. The lowest BCUT2D eigenvalue weighted by molar-refractivity contribution is -0.127. The second-order valence-corrected chi connectivity index (χ2v) is 6.16. The van der Waals surface area contributed by atoms with E-state index >= 15 is 0 Å². The molecule has 0 aliphatic carbocycles. The molecule has 0 saturated heterocycles. The van der Waals surface area contributed by atoms with Gasteiger partial charge in [0.2, 0.25) is 5.91 Å². The number of pyridine rings is 1. The number of hydrogen-bond donors (Lipinski definition) is 0. The molecular weight excluding hydrogens is 326 g/mol. The summed E-state index contributed by atoms with van der Waals surface area (Å²) in [6.07, 6.45) is 5.02. The molecule has 3 aromatic heterocycles. The van der Waals surface area contributed by atoms with Gasteiger partial charge in [-0.1, -0.05) is 11.8 Å². The zero-order chi connectivity index (χ0) is 16.9. The average molecular weight is 343 g/mol. The van der Waals surface area contributed by atoms with E-state index in [2.05, 4.69) is 15.2 Å². The molecule has 0 saturated carbocycles. The van der Waals surface area contributed by atoms with Gasteiger partial charge >= 0.3 is 0 Å². The number of amides is 1. The van der Waals surface area contributed by atoms with Crippen LogP contribution in [0.5, 0.6) is 0 Å². The molecule has 24 heavy (non-hydrogen) atoms. The standard InChI is InChI=1S/C16H17N5O2S/c1-20(10-13-4-3-9-23-13)14(22)11-24-16-19-18-15(21(16)2)12-5-7-17-8-6-12/h3-9H,10-11H2,1-2H3. The fraction of sp³-hybridized carbons (Fsp3) is 0.250. The molecule has 0 atom stereocenters. The maximum absolute atomic E-state index is 12.2. The molecule has 3 aromatic rings. The molecule has 3 rings (SSSR count). The van der Waals surface area contributed by atoms with Crippen LogP contribution in [0.4, 0.5) is 0 Å². The molecule has 124 valence electrons. The highest BCUT2D eigenvalue weighted by atomic mass is 32.2. The predicted molar refractivity (Wildman–Crippen MR) is 90.1 cm³/mol. The topological polar surface area (TPSA) is 77.1 Å². The minimum atomic E-state index is 0.00450. The Bertz CT molecular complexity index is 801. The normalized spacial score (nSPS) is 10.8. The highest BCUT2D eigenvalue weighted by Crippen LogP contribution is 2.22. The molecule has 0 bridgehead atoms. The quantitative estimate of drug-likeness (QED) is 0.639. The third-order valence-corrected chi connectivity index (χ3v) is 4.50. The van der Waals surface area contributed by atoms with E-state index in [1.165, 1.54) is 11.8 Å². The van der Waals surface area contributed by atoms with Crippen molar-refractivity contribution in [2.45, 2.75) is 11.7 Å². The van der Waals surface area contributed by atoms with E-state index in [9.17, 15) is 4.79 Å². The molecular formula is C16H17N5O2S. The van der Waals surface area contributed by atoms with E-state index in [-0.39, 0.29) is 5.91 Å². The van der Waals surface area contributed by atoms with Crippen LogP contribution in [-0.2, 0) is 18.4 Å². The molecule has 0 aliphatic rings. The van der Waals surface area contributed by atoms with Crippen LogP contribution in [0.2, 0.25) is 0 Å². The molecule has 0 spiro atoms. The first-order valence-electron chi connectivity index (χ1n) is 7.34. The Kier molecular flexibility index (Phi) is 4.95. The first-order chi connectivity index (χ1) is 11.6. The summed E-state index contributed by atoms with van der Waals surface area (Å²) in [5.41, 5.74) is 0.938. The summed E-state index contributed by atoms with van der Waals surface area (Å²) in [4.78, 5) is 17.9. The van der Waals surface area contributed by atoms with Gasteiger partial charge in [-0.3, -0.25) is 9.78 Å². The Morgan fingerprint density at radius 3 is 2.79 bits per heavy atom. The minimum absolute atomic E-state index is 0.00450. The van der Waals surface area contributed by atoms with Crippen molar-refractivity contribution >= 4 is 17.7 Å². The Hall–Kier alpha value is -2.61. The van der Waals surface area contributed by atoms with Gasteiger partial charge in [-0.2, -0.15) is 0 Å². The number of hydrogen-bond acceptors (Lipinski definition) is 6. The van der Waals surface area contributed by atoms with Crippen LogP contribution in [0.3, 0.4) is 0 Å². The summed E-state index contributed by atoms with van der Waals surface area (Å²) >= 11 is 1.36. The summed E-state index contributed by atoms with van der Waals surface area (Å²) in [6.45, 7) is 0.452. The lowest BCUT2D eigenvalue weighted by Crippen LogP contribution is -2.27.